The number of nitrogens with two attached hydrogens (primary N) is 1. The Kier molecular flexibility index (Phi) is 6.92. The Hall–Kier alpha value is -2.97. The Balaban J connectivity index is 2.07. The van der Waals surface area contributed by atoms with Crippen LogP contribution in [0.15, 0.2) is 36.7 Å². The van der Waals surface area contributed by atoms with Crippen molar-refractivity contribution in [2.75, 3.05) is 12.4 Å². The number of nitrogens with one attached hydrogen (secondary N) is 1. The maximum absolute atomic E-state index is 14.4. The number of ether oxygens (including phenoxy) is 1. The van der Waals surface area contributed by atoms with E-state index in [-0.39, 0.29) is 16.8 Å². The van der Waals surface area contributed by atoms with Crippen LogP contribution in [-0.4, -0.2) is 40.0 Å². The van der Waals surface area contributed by atoms with Gasteiger partial charge in [-0.1, -0.05) is 17.7 Å². The van der Waals surface area contributed by atoms with Crippen molar-refractivity contribution in [2.45, 2.75) is 39.5 Å². The van der Waals surface area contributed by atoms with Crippen LogP contribution in [0.5, 0.6) is 5.75 Å². The second-order valence-electron chi connectivity index (χ2n) is 7.59. The van der Waals surface area contributed by atoms with Crippen LogP contribution in [0.1, 0.15) is 26.3 Å². The average Bonchev–Trinajstić information content (AvgIpc) is 2.71. The van der Waals surface area contributed by atoms with Gasteiger partial charge in [0, 0.05) is 23.6 Å². The molecule has 0 spiro atoms. The molecule has 164 valence electrons. The van der Waals surface area contributed by atoms with Gasteiger partial charge in [0.1, 0.15) is 17.9 Å². The summed E-state index contributed by atoms with van der Waals surface area (Å²) in [6.07, 6.45) is 1.34. The molecule has 0 saturated heterocycles. The lowest BCUT2D eigenvalue weighted by atomic mass is 10.1. The molecule has 1 aromatic heterocycles. The molecule has 7 nitrogen and oxygen atoms in total. The van der Waals surface area contributed by atoms with Gasteiger partial charge in [0.25, 0.3) is 0 Å². The summed E-state index contributed by atoms with van der Waals surface area (Å²) in [6, 6.07) is 7.93. The molecule has 0 saturated carbocycles. The fourth-order valence-electron chi connectivity index (χ4n) is 3.07. The van der Waals surface area contributed by atoms with E-state index in [1.807, 2.05) is 30.9 Å². The number of fused-ring (bicyclic) bond motifs is 1. The van der Waals surface area contributed by atoms with E-state index in [1.54, 1.807) is 26.1 Å². The summed E-state index contributed by atoms with van der Waals surface area (Å²) in [5, 5.41) is 3.69. The molecule has 0 bridgehead atoms. The van der Waals surface area contributed by atoms with Crippen LogP contribution in [-0.2, 0) is 11.3 Å². The third kappa shape index (κ3) is 5.21. The van der Waals surface area contributed by atoms with Gasteiger partial charge in [0.15, 0.2) is 5.82 Å². The normalized spacial score (nSPS) is 12.4. The van der Waals surface area contributed by atoms with Crippen LogP contribution in [0.25, 0.3) is 10.9 Å². The predicted molar refractivity (Wildman–Crippen MR) is 120 cm³/mol. The Morgan fingerprint density at radius 3 is 2.71 bits per heavy atom. The first-order valence-electron chi connectivity index (χ1n) is 9.82. The molecule has 3 N–H and O–H groups in total. The summed E-state index contributed by atoms with van der Waals surface area (Å²) in [5.41, 5.74) is 7.10. The van der Waals surface area contributed by atoms with Crippen LogP contribution in [0.4, 0.5) is 15.9 Å². The standard InChI is InChI=1S/C22H25ClFN5O2/c1-12(2)31-19-9-18-15(8-14(19)10-29(4)13(3)21(25)30)22(27-11-26-18)28-17-7-5-6-16(23)20(17)24/h5-9,11-13H,10H2,1-4H3,(H2,25,30)(H,26,27,28)/t13-/m1/s1. The summed E-state index contributed by atoms with van der Waals surface area (Å²) >= 11 is 5.90. The van der Waals surface area contributed by atoms with Gasteiger partial charge in [-0.05, 0) is 46.0 Å². The number of rotatable bonds is 8. The van der Waals surface area contributed by atoms with Crippen molar-refractivity contribution in [3.63, 3.8) is 0 Å². The second-order valence-corrected chi connectivity index (χ2v) is 7.99. The number of nitrogens with zero attached hydrogens (tertiary/aromatic N) is 3. The van der Waals surface area contributed by atoms with Crippen molar-refractivity contribution in [3.05, 3.63) is 53.1 Å². The van der Waals surface area contributed by atoms with Crippen LogP contribution in [0.3, 0.4) is 0 Å². The summed E-state index contributed by atoms with van der Waals surface area (Å²) in [6.45, 7) is 6.00. The highest BCUT2D eigenvalue weighted by molar-refractivity contribution is 6.31. The molecular formula is C22H25ClFN5O2. The molecule has 0 radical (unpaired) electrons. The number of primary amides is 1. The third-order valence-corrected chi connectivity index (χ3v) is 5.17. The highest BCUT2D eigenvalue weighted by Gasteiger charge is 2.19. The fraction of sp³-hybridized carbons (Fsp3) is 0.318. The van der Waals surface area contributed by atoms with Gasteiger partial charge in [0.2, 0.25) is 5.91 Å². The van der Waals surface area contributed by atoms with E-state index in [0.717, 1.165) is 5.56 Å². The number of aromatic nitrogens is 2. The summed E-state index contributed by atoms with van der Waals surface area (Å²) in [5.74, 6) is 0.0846. The maximum Gasteiger partial charge on any atom is 0.234 e. The van der Waals surface area contributed by atoms with Gasteiger partial charge in [0.05, 0.1) is 28.4 Å². The van der Waals surface area contributed by atoms with Gasteiger partial charge < -0.3 is 15.8 Å². The highest BCUT2D eigenvalue weighted by Crippen LogP contribution is 2.32. The number of carbonyl (C=O) groups excluding carboxylic acids is 1. The Morgan fingerprint density at radius 1 is 1.29 bits per heavy atom. The zero-order valence-corrected chi connectivity index (χ0v) is 18.6. The molecule has 3 rings (SSSR count). The largest absolute Gasteiger partial charge is 0.491 e. The van der Waals surface area contributed by atoms with Gasteiger partial charge in [-0.3, -0.25) is 9.69 Å². The van der Waals surface area contributed by atoms with Gasteiger partial charge >= 0.3 is 0 Å². The van der Waals surface area contributed by atoms with Crippen LogP contribution < -0.4 is 15.8 Å². The molecule has 0 fully saturated rings. The number of benzene rings is 2. The summed E-state index contributed by atoms with van der Waals surface area (Å²) < 4.78 is 20.4. The lowest BCUT2D eigenvalue weighted by Crippen LogP contribution is -2.39. The van der Waals surface area contributed by atoms with Crippen molar-refractivity contribution in [1.29, 1.82) is 0 Å². The Bertz CT molecular complexity index is 1110. The second kappa shape index (κ2) is 9.45. The molecule has 0 aliphatic rings. The lowest BCUT2D eigenvalue weighted by molar-refractivity contribution is -0.122. The number of hydrogen-bond donors (Lipinski definition) is 2. The SMILES string of the molecule is CC(C)Oc1cc2ncnc(Nc3cccc(Cl)c3F)c2cc1CN(C)[C@H](C)C(N)=O. The molecule has 2 aromatic carbocycles. The Morgan fingerprint density at radius 2 is 2.03 bits per heavy atom. The number of halogens is 2. The average molecular weight is 446 g/mol. The van der Waals surface area contributed by atoms with E-state index in [0.29, 0.717) is 29.0 Å². The minimum absolute atomic E-state index is 0.0127. The molecule has 0 unspecified atom stereocenters. The van der Waals surface area contributed by atoms with E-state index >= 15 is 0 Å². The van der Waals surface area contributed by atoms with Crippen LogP contribution >= 0.6 is 11.6 Å². The van der Waals surface area contributed by atoms with Crippen LogP contribution in [0, 0.1) is 5.82 Å². The Labute approximate surface area is 185 Å². The van der Waals surface area contributed by atoms with Crippen molar-refractivity contribution in [1.82, 2.24) is 14.9 Å². The van der Waals surface area contributed by atoms with Gasteiger partial charge in [-0.2, -0.15) is 0 Å². The first-order chi connectivity index (χ1) is 14.7. The van der Waals surface area contributed by atoms with Crippen molar-refractivity contribution < 1.29 is 13.9 Å². The van der Waals surface area contributed by atoms with E-state index in [1.165, 1.54) is 12.4 Å². The van der Waals surface area contributed by atoms with E-state index in [9.17, 15) is 9.18 Å². The maximum atomic E-state index is 14.4. The molecule has 1 atom stereocenters. The lowest BCUT2D eigenvalue weighted by Gasteiger charge is -2.24. The molecule has 9 heteroatoms. The number of amides is 1. The smallest absolute Gasteiger partial charge is 0.234 e. The monoisotopic (exact) mass is 445 g/mol. The van der Waals surface area contributed by atoms with E-state index in [4.69, 9.17) is 22.1 Å². The van der Waals surface area contributed by atoms with Crippen molar-refractivity contribution in [2.24, 2.45) is 5.73 Å². The van der Waals surface area contributed by atoms with Crippen molar-refractivity contribution in [3.8, 4) is 5.75 Å². The first-order valence-corrected chi connectivity index (χ1v) is 10.2. The number of anilines is 2. The number of likely N-dealkylation sites (N-methyl/N-ethyl adjacent to an activating group) is 1. The van der Waals surface area contributed by atoms with E-state index < -0.39 is 17.8 Å². The zero-order valence-electron chi connectivity index (χ0n) is 17.8. The number of carbonyl (C=O) groups is 1. The quantitative estimate of drug-likeness (QED) is 0.538. The minimum Gasteiger partial charge on any atom is -0.491 e. The van der Waals surface area contributed by atoms with Crippen molar-refractivity contribution >= 4 is 39.9 Å². The summed E-state index contributed by atoms with van der Waals surface area (Å²) in [7, 11) is 1.81. The highest BCUT2D eigenvalue weighted by atomic mass is 35.5. The molecule has 1 heterocycles. The van der Waals surface area contributed by atoms with E-state index in [2.05, 4.69) is 15.3 Å². The zero-order chi connectivity index (χ0) is 22.7. The topological polar surface area (TPSA) is 93.4 Å². The molecule has 0 aliphatic carbocycles. The fourth-order valence-corrected chi connectivity index (χ4v) is 3.24. The minimum atomic E-state index is -0.564. The van der Waals surface area contributed by atoms with Gasteiger partial charge in [-0.15, -0.1) is 0 Å². The molecule has 31 heavy (non-hydrogen) atoms. The third-order valence-electron chi connectivity index (χ3n) is 4.88. The predicted octanol–water partition coefficient (Wildman–Crippen LogP) is 4.26. The molecule has 1 amide bonds. The molecule has 0 aliphatic heterocycles. The number of hydrogen-bond acceptors (Lipinski definition) is 6. The van der Waals surface area contributed by atoms with Crippen LogP contribution in [0.2, 0.25) is 5.02 Å². The summed E-state index contributed by atoms with van der Waals surface area (Å²) in [4.78, 5) is 22.0. The molecule has 3 aromatic rings. The van der Waals surface area contributed by atoms with Gasteiger partial charge in [-0.25, -0.2) is 14.4 Å². The first kappa shape index (κ1) is 22.7. The molecular weight excluding hydrogens is 421 g/mol.